The second-order valence-electron chi connectivity index (χ2n) is 5.57. The molecule has 0 amide bonds. The second-order valence-corrected chi connectivity index (χ2v) is 6.36. The van der Waals surface area contributed by atoms with Crippen molar-refractivity contribution in [1.82, 2.24) is 9.78 Å². The predicted molar refractivity (Wildman–Crippen MR) is 81.2 cm³/mol. The maximum atomic E-state index is 9.72. The SMILES string of the molecule is CCc1nn(CC)c(CC(CO)C2CCCC2)c1Br. The quantitative estimate of drug-likeness (QED) is 0.866. The van der Waals surface area contributed by atoms with E-state index >= 15 is 0 Å². The molecule has 1 saturated carbocycles. The third-order valence-electron chi connectivity index (χ3n) is 4.45. The molecule has 0 bridgehead atoms. The van der Waals surface area contributed by atoms with Gasteiger partial charge in [-0.25, -0.2) is 0 Å². The van der Waals surface area contributed by atoms with Gasteiger partial charge in [-0.05, 0) is 47.5 Å². The Bertz CT molecular complexity index is 411. The Kier molecular flexibility index (Phi) is 5.46. The molecule has 0 aliphatic heterocycles. The minimum atomic E-state index is 0.299. The standard InChI is InChI=1S/C15H25BrN2O/c1-3-13-15(16)14(18(4-2)17-13)9-12(10-19)11-7-5-6-8-11/h11-12,19H,3-10H2,1-2H3. The zero-order valence-corrected chi connectivity index (χ0v) is 13.6. The van der Waals surface area contributed by atoms with Crippen molar-refractivity contribution in [2.45, 2.75) is 58.9 Å². The van der Waals surface area contributed by atoms with Gasteiger partial charge >= 0.3 is 0 Å². The minimum absolute atomic E-state index is 0.299. The number of aromatic nitrogens is 2. The van der Waals surface area contributed by atoms with Gasteiger partial charge in [-0.1, -0.05) is 32.6 Å². The summed E-state index contributed by atoms with van der Waals surface area (Å²) < 4.78 is 3.26. The number of aliphatic hydroxyl groups is 1. The van der Waals surface area contributed by atoms with Crippen LogP contribution in [0.15, 0.2) is 4.47 Å². The van der Waals surface area contributed by atoms with Crippen LogP contribution < -0.4 is 0 Å². The summed E-state index contributed by atoms with van der Waals surface area (Å²) in [6.45, 7) is 5.47. The van der Waals surface area contributed by atoms with Crippen molar-refractivity contribution in [3.8, 4) is 0 Å². The van der Waals surface area contributed by atoms with E-state index in [0.29, 0.717) is 18.4 Å². The summed E-state index contributed by atoms with van der Waals surface area (Å²) in [5.74, 6) is 1.09. The van der Waals surface area contributed by atoms with Gasteiger partial charge in [0.05, 0.1) is 15.9 Å². The van der Waals surface area contributed by atoms with Crippen molar-refractivity contribution in [1.29, 1.82) is 0 Å². The second kappa shape index (κ2) is 6.89. The van der Waals surface area contributed by atoms with Gasteiger partial charge in [0.1, 0.15) is 0 Å². The topological polar surface area (TPSA) is 38.0 Å². The normalized spacial score (nSPS) is 18.1. The molecule has 4 heteroatoms. The van der Waals surface area contributed by atoms with Crippen molar-refractivity contribution in [3.05, 3.63) is 15.9 Å². The number of nitrogens with zero attached hydrogens (tertiary/aromatic N) is 2. The maximum Gasteiger partial charge on any atom is 0.0766 e. The predicted octanol–water partition coefficient (Wildman–Crippen LogP) is 3.57. The zero-order valence-electron chi connectivity index (χ0n) is 12.0. The lowest BCUT2D eigenvalue weighted by Crippen LogP contribution is -2.20. The first kappa shape index (κ1) is 15.0. The Morgan fingerprint density at radius 3 is 2.58 bits per heavy atom. The van der Waals surface area contributed by atoms with Gasteiger partial charge in [-0.15, -0.1) is 0 Å². The Balaban J connectivity index is 2.18. The molecular formula is C15H25BrN2O. The molecule has 2 rings (SSSR count). The van der Waals surface area contributed by atoms with E-state index in [1.165, 1.54) is 31.4 Å². The van der Waals surface area contributed by atoms with Crippen LogP contribution in [-0.2, 0) is 19.4 Å². The van der Waals surface area contributed by atoms with Crippen LogP contribution in [0.5, 0.6) is 0 Å². The summed E-state index contributed by atoms with van der Waals surface area (Å²) in [7, 11) is 0. The number of hydrogen-bond acceptors (Lipinski definition) is 2. The highest BCUT2D eigenvalue weighted by Gasteiger charge is 2.27. The van der Waals surface area contributed by atoms with Crippen molar-refractivity contribution in [3.63, 3.8) is 0 Å². The highest BCUT2D eigenvalue weighted by atomic mass is 79.9. The molecule has 0 radical (unpaired) electrons. The summed E-state index contributed by atoms with van der Waals surface area (Å²) in [4.78, 5) is 0. The van der Waals surface area contributed by atoms with Gasteiger partial charge in [-0.2, -0.15) is 5.10 Å². The summed E-state index contributed by atoms with van der Waals surface area (Å²) in [6.07, 6.45) is 7.12. The van der Waals surface area contributed by atoms with Gasteiger partial charge in [0.15, 0.2) is 0 Å². The smallest absolute Gasteiger partial charge is 0.0766 e. The van der Waals surface area contributed by atoms with Crippen LogP contribution in [0, 0.1) is 11.8 Å². The fraction of sp³-hybridized carbons (Fsp3) is 0.800. The molecule has 0 spiro atoms. The third-order valence-corrected chi connectivity index (χ3v) is 5.37. The van der Waals surface area contributed by atoms with Crippen LogP contribution in [0.2, 0.25) is 0 Å². The first-order valence-electron chi connectivity index (χ1n) is 7.56. The lowest BCUT2D eigenvalue weighted by atomic mass is 9.87. The van der Waals surface area contributed by atoms with Crippen LogP contribution in [0.3, 0.4) is 0 Å². The first-order chi connectivity index (χ1) is 9.21. The highest BCUT2D eigenvalue weighted by molar-refractivity contribution is 9.10. The summed E-state index contributed by atoms with van der Waals surface area (Å²) in [5.41, 5.74) is 2.41. The fourth-order valence-corrected chi connectivity index (χ4v) is 4.00. The van der Waals surface area contributed by atoms with Gasteiger partial charge in [0.2, 0.25) is 0 Å². The summed E-state index contributed by atoms with van der Waals surface area (Å²) >= 11 is 3.70. The fourth-order valence-electron chi connectivity index (χ4n) is 3.27. The molecule has 1 atom stereocenters. The van der Waals surface area contributed by atoms with E-state index in [9.17, 15) is 5.11 Å². The van der Waals surface area contributed by atoms with Crippen molar-refractivity contribution >= 4 is 15.9 Å². The Morgan fingerprint density at radius 2 is 2.05 bits per heavy atom. The van der Waals surface area contributed by atoms with Gasteiger partial charge in [0.25, 0.3) is 0 Å². The number of halogens is 1. The molecule has 3 nitrogen and oxygen atoms in total. The largest absolute Gasteiger partial charge is 0.396 e. The molecule has 1 aromatic rings. The Labute approximate surface area is 124 Å². The molecule has 1 unspecified atom stereocenters. The van der Waals surface area contributed by atoms with Crippen molar-refractivity contribution in [2.75, 3.05) is 6.61 Å². The number of hydrogen-bond donors (Lipinski definition) is 1. The average Bonchev–Trinajstić information content (AvgIpc) is 3.04. The van der Waals surface area contributed by atoms with Crippen LogP contribution in [-0.4, -0.2) is 21.5 Å². The molecule has 108 valence electrons. The van der Waals surface area contributed by atoms with Gasteiger partial charge in [0, 0.05) is 13.2 Å². The van der Waals surface area contributed by atoms with E-state index < -0.39 is 0 Å². The molecule has 19 heavy (non-hydrogen) atoms. The molecule has 1 aromatic heterocycles. The number of aliphatic hydroxyl groups excluding tert-OH is 1. The molecule has 0 aromatic carbocycles. The van der Waals surface area contributed by atoms with E-state index in [1.54, 1.807) is 0 Å². The first-order valence-corrected chi connectivity index (χ1v) is 8.35. The Morgan fingerprint density at radius 1 is 1.37 bits per heavy atom. The minimum Gasteiger partial charge on any atom is -0.396 e. The van der Waals surface area contributed by atoms with Crippen LogP contribution in [0.4, 0.5) is 0 Å². The number of rotatable bonds is 6. The molecule has 1 heterocycles. The highest BCUT2D eigenvalue weighted by Crippen LogP contribution is 2.34. The van der Waals surface area contributed by atoms with Crippen molar-refractivity contribution in [2.24, 2.45) is 11.8 Å². The lowest BCUT2D eigenvalue weighted by molar-refractivity contribution is 0.173. The summed E-state index contributed by atoms with van der Waals surface area (Å²) in [6, 6.07) is 0. The van der Waals surface area contributed by atoms with Crippen LogP contribution in [0.25, 0.3) is 0 Å². The number of aryl methyl sites for hydroxylation is 2. The zero-order chi connectivity index (χ0) is 13.8. The monoisotopic (exact) mass is 328 g/mol. The van der Waals surface area contributed by atoms with E-state index in [4.69, 9.17) is 0 Å². The van der Waals surface area contributed by atoms with Crippen LogP contribution in [0.1, 0.15) is 50.9 Å². The van der Waals surface area contributed by atoms with E-state index in [-0.39, 0.29) is 0 Å². The molecule has 0 saturated heterocycles. The van der Waals surface area contributed by atoms with E-state index in [1.807, 2.05) is 0 Å². The molecule has 1 N–H and O–H groups in total. The molecule has 1 fully saturated rings. The lowest BCUT2D eigenvalue weighted by Gasteiger charge is -2.21. The summed E-state index contributed by atoms with van der Waals surface area (Å²) in [5, 5.41) is 14.4. The van der Waals surface area contributed by atoms with Gasteiger partial charge < -0.3 is 5.11 Å². The van der Waals surface area contributed by atoms with E-state index in [0.717, 1.165) is 29.6 Å². The third kappa shape index (κ3) is 3.22. The van der Waals surface area contributed by atoms with Gasteiger partial charge in [-0.3, -0.25) is 4.68 Å². The van der Waals surface area contributed by atoms with E-state index in [2.05, 4.69) is 39.6 Å². The molecule has 1 aliphatic carbocycles. The molecular weight excluding hydrogens is 304 g/mol. The van der Waals surface area contributed by atoms with Crippen LogP contribution >= 0.6 is 15.9 Å². The molecule has 1 aliphatic rings. The maximum absolute atomic E-state index is 9.72. The average molecular weight is 329 g/mol. The van der Waals surface area contributed by atoms with Crippen molar-refractivity contribution < 1.29 is 5.11 Å². The Hall–Kier alpha value is -0.350.